The van der Waals surface area contributed by atoms with Crippen LogP contribution in [0, 0.1) is 25.2 Å². The molecule has 1 aliphatic heterocycles. The van der Waals surface area contributed by atoms with Crippen molar-refractivity contribution in [1.29, 1.82) is 5.26 Å². The number of hydrogen-bond donors (Lipinski definition) is 0. The maximum absolute atomic E-state index is 12.7. The van der Waals surface area contributed by atoms with Gasteiger partial charge >= 0.3 is 0 Å². The fraction of sp³-hybridized carbons (Fsp3) is 0.316. The van der Waals surface area contributed by atoms with E-state index >= 15 is 0 Å². The summed E-state index contributed by atoms with van der Waals surface area (Å²) in [4.78, 5) is 21.0. The zero-order valence-corrected chi connectivity index (χ0v) is 16.1. The fourth-order valence-electron chi connectivity index (χ4n) is 3.19. The van der Waals surface area contributed by atoms with E-state index in [1.807, 2.05) is 19.9 Å². The molecule has 7 heteroatoms. The fourth-order valence-corrected chi connectivity index (χ4v) is 3.57. The van der Waals surface area contributed by atoms with Gasteiger partial charge in [-0.1, -0.05) is 29.3 Å². The van der Waals surface area contributed by atoms with E-state index in [4.69, 9.17) is 23.2 Å². The van der Waals surface area contributed by atoms with Crippen LogP contribution in [-0.2, 0) is 0 Å². The highest BCUT2D eigenvalue weighted by atomic mass is 35.5. The molecule has 0 unspecified atom stereocenters. The molecule has 0 N–H and O–H groups in total. The van der Waals surface area contributed by atoms with Crippen molar-refractivity contribution < 1.29 is 4.79 Å². The molecule has 2 heterocycles. The van der Waals surface area contributed by atoms with Crippen molar-refractivity contribution in [3.63, 3.8) is 0 Å². The topological polar surface area (TPSA) is 60.2 Å². The van der Waals surface area contributed by atoms with Gasteiger partial charge in [-0.05, 0) is 32.0 Å². The normalized spacial score (nSPS) is 14.3. The largest absolute Gasteiger partial charge is 0.367 e. The lowest BCUT2D eigenvalue weighted by Gasteiger charge is -2.36. The lowest BCUT2D eigenvalue weighted by atomic mass is 10.1. The van der Waals surface area contributed by atoms with Crippen molar-refractivity contribution in [3.05, 3.63) is 56.8 Å². The summed E-state index contributed by atoms with van der Waals surface area (Å²) in [6.45, 7) is 6.14. The molecule has 0 bridgehead atoms. The lowest BCUT2D eigenvalue weighted by Crippen LogP contribution is -2.49. The van der Waals surface area contributed by atoms with Gasteiger partial charge in [-0.25, -0.2) is 0 Å². The van der Waals surface area contributed by atoms with Crippen molar-refractivity contribution in [2.45, 2.75) is 13.8 Å². The Hall–Kier alpha value is -2.29. The summed E-state index contributed by atoms with van der Waals surface area (Å²) in [6, 6.07) is 9.24. The number of pyridine rings is 1. The smallest absolute Gasteiger partial charge is 0.255 e. The molecule has 0 radical (unpaired) electrons. The standard InChI is InChI=1S/C19H18Cl2N4O/c1-12-10-17(15(11-22)13(2)23-12)24-6-8-25(9-7-24)19(26)14-4-3-5-16(20)18(14)21/h3-5,10H,6-9H2,1-2H3. The lowest BCUT2D eigenvalue weighted by molar-refractivity contribution is 0.0747. The molecule has 26 heavy (non-hydrogen) atoms. The number of aromatic nitrogens is 1. The van der Waals surface area contributed by atoms with Gasteiger partial charge in [-0.2, -0.15) is 5.26 Å². The Bertz CT molecular complexity index is 899. The van der Waals surface area contributed by atoms with Crippen molar-refractivity contribution in [2.24, 2.45) is 0 Å². The number of halogens is 2. The Morgan fingerprint density at radius 2 is 1.88 bits per heavy atom. The summed E-state index contributed by atoms with van der Waals surface area (Å²) in [6.07, 6.45) is 0. The van der Waals surface area contributed by atoms with E-state index in [1.165, 1.54) is 0 Å². The van der Waals surface area contributed by atoms with Crippen LogP contribution in [0.4, 0.5) is 5.69 Å². The minimum atomic E-state index is -0.125. The molecule has 0 spiro atoms. The third-order valence-corrected chi connectivity index (χ3v) is 5.33. The summed E-state index contributed by atoms with van der Waals surface area (Å²) in [5, 5.41) is 10.1. The van der Waals surface area contributed by atoms with E-state index in [9.17, 15) is 10.1 Å². The number of hydrogen-bond acceptors (Lipinski definition) is 4. The molecule has 1 aliphatic rings. The SMILES string of the molecule is Cc1cc(N2CCN(C(=O)c3cccc(Cl)c3Cl)CC2)c(C#N)c(C)n1. The Labute approximate surface area is 162 Å². The molecule has 0 saturated carbocycles. The van der Waals surface area contributed by atoms with Crippen LogP contribution in [0.1, 0.15) is 27.3 Å². The van der Waals surface area contributed by atoms with E-state index in [-0.39, 0.29) is 10.9 Å². The monoisotopic (exact) mass is 388 g/mol. The number of nitrogens with zero attached hydrogens (tertiary/aromatic N) is 4. The first kappa shape index (κ1) is 18.5. The Morgan fingerprint density at radius 3 is 2.54 bits per heavy atom. The van der Waals surface area contributed by atoms with E-state index in [1.54, 1.807) is 23.1 Å². The van der Waals surface area contributed by atoms with Crippen LogP contribution in [-0.4, -0.2) is 42.0 Å². The van der Waals surface area contributed by atoms with E-state index < -0.39 is 0 Å². The molecule has 0 atom stereocenters. The summed E-state index contributed by atoms with van der Waals surface area (Å²) < 4.78 is 0. The van der Waals surface area contributed by atoms with Gasteiger partial charge in [-0.3, -0.25) is 9.78 Å². The Kier molecular flexibility index (Phi) is 5.36. The predicted octanol–water partition coefficient (Wildman–Crippen LogP) is 3.84. The minimum Gasteiger partial charge on any atom is -0.367 e. The highest BCUT2D eigenvalue weighted by Gasteiger charge is 2.26. The second kappa shape index (κ2) is 7.53. The van der Waals surface area contributed by atoms with Crippen LogP contribution < -0.4 is 4.90 Å². The zero-order chi connectivity index (χ0) is 18.8. The molecule has 1 aromatic heterocycles. The number of carbonyl (C=O) groups excluding carboxylic acids is 1. The second-order valence-corrected chi connectivity index (χ2v) is 7.02. The summed E-state index contributed by atoms with van der Waals surface area (Å²) in [5.74, 6) is -0.125. The van der Waals surface area contributed by atoms with Crippen molar-refractivity contribution in [1.82, 2.24) is 9.88 Å². The zero-order valence-electron chi connectivity index (χ0n) is 14.6. The van der Waals surface area contributed by atoms with Crippen molar-refractivity contribution in [3.8, 4) is 6.07 Å². The van der Waals surface area contributed by atoms with Gasteiger partial charge in [-0.15, -0.1) is 0 Å². The van der Waals surface area contributed by atoms with Gasteiger partial charge in [0.15, 0.2) is 0 Å². The maximum atomic E-state index is 12.7. The number of rotatable bonds is 2. The number of carbonyl (C=O) groups is 1. The molecule has 134 valence electrons. The van der Waals surface area contributed by atoms with Gasteiger partial charge in [0.2, 0.25) is 0 Å². The minimum absolute atomic E-state index is 0.125. The van der Waals surface area contributed by atoms with Crippen molar-refractivity contribution in [2.75, 3.05) is 31.1 Å². The molecule has 1 amide bonds. The molecular weight excluding hydrogens is 371 g/mol. The number of benzene rings is 1. The average Bonchev–Trinajstić information content (AvgIpc) is 2.63. The van der Waals surface area contributed by atoms with Crippen LogP contribution in [0.5, 0.6) is 0 Å². The first-order valence-electron chi connectivity index (χ1n) is 8.29. The van der Waals surface area contributed by atoms with Crippen LogP contribution in [0.15, 0.2) is 24.3 Å². The van der Waals surface area contributed by atoms with E-state index in [2.05, 4.69) is 16.0 Å². The first-order valence-corrected chi connectivity index (χ1v) is 9.04. The molecule has 2 aromatic rings. The number of nitriles is 1. The van der Waals surface area contributed by atoms with E-state index in [0.717, 1.165) is 17.1 Å². The third-order valence-electron chi connectivity index (χ3n) is 4.51. The van der Waals surface area contributed by atoms with Gasteiger partial charge in [0.25, 0.3) is 5.91 Å². The summed E-state index contributed by atoms with van der Waals surface area (Å²) in [7, 11) is 0. The van der Waals surface area contributed by atoms with Crippen LogP contribution in [0.25, 0.3) is 0 Å². The van der Waals surface area contributed by atoms with Crippen LogP contribution in [0.3, 0.4) is 0 Å². The number of aryl methyl sites for hydroxylation is 2. The summed E-state index contributed by atoms with van der Waals surface area (Å²) in [5.41, 5.74) is 3.49. The molecule has 5 nitrogen and oxygen atoms in total. The Morgan fingerprint density at radius 1 is 1.19 bits per heavy atom. The molecule has 1 aromatic carbocycles. The van der Waals surface area contributed by atoms with Crippen molar-refractivity contribution >= 4 is 34.8 Å². The molecular formula is C19H18Cl2N4O. The second-order valence-electron chi connectivity index (χ2n) is 6.24. The van der Waals surface area contributed by atoms with E-state index in [0.29, 0.717) is 42.3 Å². The molecule has 1 fully saturated rings. The summed E-state index contributed by atoms with van der Waals surface area (Å²) >= 11 is 12.2. The van der Waals surface area contributed by atoms with Gasteiger partial charge in [0.1, 0.15) is 6.07 Å². The van der Waals surface area contributed by atoms with Gasteiger partial charge < -0.3 is 9.80 Å². The third kappa shape index (κ3) is 3.48. The average molecular weight is 389 g/mol. The van der Waals surface area contributed by atoms with Gasteiger partial charge in [0.05, 0.1) is 32.6 Å². The van der Waals surface area contributed by atoms with Crippen LogP contribution >= 0.6 is 23.2 Å². The Balaban J connectivity index is 1.77. The molecule has 0 aliphatic carbocycles. The van der Waals surface area contributed by atoms with Gasteiger partial charge in [0, 0.05) is 31.9 Å². The highest BCUT2D eigenvalue weighted by Crippen LogP contribution is 2.28. The first-order chi connectivity index (χ1) is 12.4. The number of amides is 1. The maximum Gasteiger partial charge on any atom is 0.255 e. The quantitative estimate of drug-likeness (QED) is 0.783. The molecule has 3 rings (SSSR count). The number of anilines is 1. The predicted molar refractivity (Wildman–Crippen MR) is 103 cm³/mol. The highest BCUT2D eigenvalue weighted by molar-refractivity contribution is 6.43. The van der Waals surface area contributed by atoms with Crippen LogP contribution in [0.2, 0.25) is 10.0 Å². The number of piperazine rings is 1. The molecule has 1 saturated heterocycles.